The first kappa shape index (κ1) is 17.9. The minimum Gasteiger partial charge on any atom is -0.338 e. The molecule has 1 amide bonds. The van der Waals surface area contributed by atoms with Crippen molar-refractivity contribution >= 4 is 27.5 Å². The number of aromatic amines is 1. The number of hydrogen-bond acceptors (Lipinski definition) is 4. The molecule has 1 atom stereocenters. The summed E-state index contributed by atoms with van der Waals surface area (Å²) in [4.78, 5) is 36.3. The summed E-state index contributed by atoms with van der Waals surface area (Å²) in [6.45, 7) is 4.91. The molecule has 0 aliphatic carbocycles. The molecule has 0 spiro atoms. The van der Waals surface area contributed by atoms with Crippen LogP contribution in [0, 0.1) is 19.7 Å². The number of rotatable bonds is 2. The number of benzene rings is 1. The molecule has 1 saturated heterocycles. The van der Waals surface area contributed by atoms with Gasteiger partial charge in [-0.25, -0.2) is 9.37 Å². The van der Waals surface area contributed by atoms with Gasteiger partial charge in [-0.3, -0.25) is 9.59 Å². The Labute approximate surface area is 159 Å². The van der Waals surface area contributed by atoms with Gasteiger partial charge in [-0.15, -0.1) is 11.3 Å². The van der Waals surface area contributed by atoms with Gasteiger partial charge in [0.15, 0.2) is 0 Å². The summed E-state index contributed by atoms with van der Waals surface area (Å²) >= 11 is 1.52. The van der Waals surface area contributed by atoms with Gasteiger partial charge in [-0.05, 0) is 44.4 Å². The van der Waals surface area contributed by atoms with E-state index in [0.29, 0.717) is 24.3 Å². The first-order valence-corrected chi connectivity index (χ1v) is 9.81. The lowest BCUT2D eigenvalue weighted by Gasteiger charge is -2.32. The molecule has 1 aromatic carbocycles. The van der Waals surface area contributed by atoms with Gasteiger partial charge in [0.25, 0.3) is 11.5 Å². The van der Waals surface area contributed by atoms with Crippen molar-refractivity contribution in [2.45, 2.75) is 32.6 Å². The van der Waals surface area contributed by atoms with Crippen molar-refractivity contribution in [1.82, 2.24) is 14.9 Å². The number of likely N-dealkylation sites (tertiary alicyclic amines) is 1. The number of nitrogens with one attached hydrogen (secondary N) is 1. The molecule has 0 bridgehead atoms. The fraction of sp³-hybridized carbons (Fsp3) is 0.350. The molecule has 1 fully saturated rings. The van der Waals surface area contributed by atoms with Crippen LogP contribution < -0.4 is 5.56 Å². The van der Waals surface area contributed by atoms with Crippen LogP contribution >= 0.6 is 11.3 Å². The fourth-order valence-corrected chi connectivity index (χ4v) is 4.69. The molecule has 0 unspecified atom stereocenters. The number of nitrogens with zero attached hydrogens (tertiary/aromatic N) is 2. The third kappa shape index (κ3) is 3.16. The van der Waals surface area contributed by atoms with Crippen LogP contribution in [0.25, 0.3) is 10.2 Å². The zero-order chi connectivity index (χ0) is 19.1. The molecule has 3 heterocycles. The van der Waals surface area contributed by atoms with E-state index in [0.717, 1.165) is 28.1 Å². The van der Waals surface area contributed by atoms with Crippen LogP contribution in [0.4, 0.5) is 4.39 Å². The van der Waals surface area contributed by atoms with E-state index in [2.05, 4.69) is 9.97 Å². The first-order valence-electron chi connectivity index (χ1n) is 8.99. The average molecular weight is 385 g/mol. The van der Waals surface area contributed by atoms with Crippen molar-refractivity contribution in [3.8, 4) is 0 Å². The van der Waals surface area contributed by atoms with Crippen LogP contribution in [0.3, 0.4) is 0 Å². The SMILES string of the molecule is Cc1sc2nc([C@@H]3CCCN(C(=O)c4ccccc4F)C3)[nH]c(=O)c2c1C. The predicted molar refractivity (Wildman–Crippen MR) is 104 cm³/mol. The van der Waals surface area contributed by atoms with Crippen LogP contribution in [0.15, 0.2) is 29.1 Å². The molecule has 1 aliphatic rings. The number of halogens is 1. The van der Waals surface area contributed by atoms with Gasteiger partial charge in [-0.2, -0.15) is 0 Å². The maximum atomic E-state index is 14.0. The number of H-pyrrole nitrogens is 1. The zero-order valence-corrected chi connectivity index (χ0v) is 16.0. The van der Waals surface area contributed by atoms with Crippen molar-refractivity contribution in [3.05, 3.63) is 62.3 Å². The van der Waals surface area contributed by atoms with Crippen LogP contribution in [0.5, 0.6) is 0 Å². The number of fused-ring (bicyclic) bond motifs is 1. The summed E-state index contributed by atoms with van der Waals surface area (Å²) in [6, 6.07) is 6.03. The highest BCUT2D eigenvalue weighted by Gasteiger charge is 2.28. The molecular weight excluding hydrogens is 365 g/mol. The van der Waals surface area contributed by atoms with E-state index in [4.69, 9.17) is 0 Å². The van der Waals surface area contributed by atoms with Gasteiger partial charge in [0, 0.05) is 23.9 Å². The number of thiophene rings is 1. The van der Waals surface area contributed by atoms with E-state index in [1.54, 1.807) is 17.0 Å². The van der Waals surface area contributed by atoms with Crippen molar-refractivity contribution < 1.29 is 9.18 Å². The Balaban J connectivity index is 1.64. The second-order valence-corrected chi connectivity index (χ2v) is 8.19. The minimum absolute atomic E-state index is 0.0608. The van der Waals surface area contributed by atoms with Gasteiger partial charge in [0.2, 0.25) is 0 Å². The molecule has 1 N–H and O–H groups in total. The Morgan fingerprint density at radius 2 is 2.11 bits per heavy atom. The molecule has 2 aromatic heterocycles. The minimum atomic E-state index is -0.512. The molecule has 5 nitrogen and oxygen atoms in total. The van der Waals surface area contributed by atoms with Gasteiger partial charge in [0.05, 0.1) is 10.9 Å². The van der Waals surface area contributed by atoms with Gasteiger partial charge in [0.1, 0.15) is 16.5 Å². The Morgan fingerprint density at radius 3 is 2.89 bits per heavy atom. The summed E-state index contributed by atoms with van der Waals surface area (Å²) in [5, 5.41) is 0.649. The number of carbonyl (C=O) groups is 1. The summed E-state index contributed by atoms with van der Waals surface area (Å²) in [7, 11) is 0. The average Bonchev–Trinajstić information content (AvgIpc) is 2.96. The highest BCUT2D eigenvalue weighted by atomic mass is 32.1. The standard InChI is InChI=1S/C20H20FN3O2S/c1-11-12(2)27-19-16(11)18(25)22-17(23-19)13-6-5-9-24(10-13)20(26)14-7-3-4-8-15(14)21/h3-4,7-8,13H,5-6,9-10H2,1-2H3,(H,22,23,25)/t13-/m1/s1. The van der Waals surface area contributed by atoms with Crippen molar-refractivity contribution in [2.75, 3.05) is 13.1 Å². The van der Waals surface area contributed by atoms with Crippen LogP contribution in [0.1, 0.15) is 45.4 Å². The molecule has 4 rings (SSSR count). The molecule has 3 aromatic rings. The van der Waals surface area contributed by atoms with Gasteiger partial charge < -0.3 is 9.88 Å². The largest absolute Gasteiger partial charge is 0.338 e. The number of amides is 1. The quantitative estimate of drug-likeness (QED) is 0.730. The van der Waals surface area contributed by atoms with Gasteiger partial charge in [-0.1, -0.05) is 12.1 Å². The number of hydrogen-bond donors (Lipinski definition) is 1. The highest BCUT2D eigenvalue weighted by molar-refractivity contribution is 7.18. The second-order valence-electron chi connectivity index (χ2n) is 6.98. The monoisotopic (exact) mass is 385 g/mol. The molecular formula is C20H20FN3O2S. The number of piperidine rings is 1. The third-order valence-electron chi connectivity index (χ3n) is 5.26. The maximum Gasteiger partial charge on any atom is 0.259 e. The predicted octanol–water partition coefficient (Wildman–Crippen LogP) is 3.76. The van der Waals surface area contributed by atoms with Crippen LogP contribution in [-0.2, 0) is 0 Å². The van der Waals surface area contributed by atoms with Crippen LogP contribution in [0.2, 0.25) is 0 Å². The molecule has 0 saturated carbocycles. The fourth-order valence-electron chi connectivity index (χ4n) is 3.65. The number of carbonyl (C=O) groups excluding carboxylic acids is 1. The van der Waals surface area contributed by atoms with E-state index < -0.39 is 5.82 Å². The number of aromatic nitrogens is 2. The lowest BCUT2D eigenvalue weighted by atomic mass is 9.96. The number of aryl methyl sites for hydroxylation is 2. The lowest BCUT2D eigenvalue weighted by Crippen LogP contribution is -2.40. The molecule has 27 heavy (non-hydrogen) atoms. The molecule has 7 heteroatoms. The maximum absolute atomic E-state index is 14.0. The van der Waals surface area contributed by atoms with Gasteiger partial charge >= 0.3 is 0 Å². The first-order chi connectivity index (χ1) is 13.0. The van der Waals surface area contributed by atoms with Crippen LogP contribution in [-0.4, -0.2) is 33.9 Å². The van der Waals surface area contributed by atoms with Crippen molar-refractivity contribution in [3.63, 3.8) is 0 Å². The molecule has 0 radical (unpaired) electrons. The Bertz CT molecular complexity index is 1090. The summed E-state index contributed by atoms with van der Waals surface area (Å²) < 4.78 is 14.0. The summed E-state index contributed by atoms with van der Waals surface area (Å²) in [6.07, 6.45) is 1.62. The normalized spacial score (nSPS) is 17.4. The third-order valence-corrected chi connectivity index (χ3v) is 6.36. The summed E-state index contributed by atoms with van der Waals surface area (Å²) in [5.41, 5.74) is 0.921. The zero-order valence-electron chi connectivity index (χ0n) is 15.2. The van der Waals surface area contributed by atoms with Crippen molar-refractivity contribution in [1.29, 1.82) is 0 Å². The topological polar surface area (TPSA) is 66.1 Å². The van der Waals surface area contributed by atoms with E-state index in [1.807, 2.05) is 13.8 Å². The Kier molecular flexibility index (Phi) is 4.55. The summed E-state index contributed by atoms with van der Waals surface area (Å²) in [5.74, 6) is -0.278. The molecule has 140 valence electrons. The highest BCUT2D eigenvalue weighted by Crippen LogP contribution is 2.30. The van der Waals surface area contributed by atoms with E-state index in [1.165, 1.54) is 23.5 Å². The van der Waals surface area contributed by atoms with Crippen molar-refractivity contribution in [2.24, 2.45) is 0 Å². The second kappa shape index (κ2) is 6.88. The van der Waals surface area contributed by atoms with E-state index >= 15 is 0 Å². The Morgan fingerprint density at radius 1 is 1.33 bits per heavy atom. The Hall–Kier alpha value is -2.54. The lowest BCUT2D eigenvalue weighted by molar-refractivity contribution is 0.0700. The molecule has 1 aliphatic heterocycles. The smallest absolute Gasteiger partial charge is 0.259 e. The van der Waals surface area contributed by atoms with E-state index in [9.17, 15) is 14.0 Å². The van der Waals surface area contributed by atoms with E-state index in [-0.39, 0.29) is 22.9 Å².